The number of carbonyl (C=O) groups is 1. The first-order valence-corrected chi connectivity index (χ1v) is 7.71. The molecule has 1 amide bonds. The third-order valence-electron chi connectivity index (χ3n) is 3.65. The van der Waals surface area contributed by atoms with Gasteiger partial charge in [0.2, 0.25) is 5.91 Å². The van der Waals surface area contributed by atoms with E-state index in [0.717, 1.165) is 41.5 Å². The van der Waals surface area contributed by atoms with E-state index in [0.29, 0.717) is 18.8 Å². The maximum Gasteiger partial charge on any atom is 0.236 e. The van der Waals surface area contributed by atoms with E-state index in [1.807, 2.05) is 35.9 Å². The molecule has 0 saturated carbocycles. The molecule has 1 aliphatic heterocycles. The summed E-state index contributed by atoms with van der Waals surface area (Å²) in [5.41, 5.74) is 1.68. The normalized spacial score (nSPS) is 15.1. The third-order valence-corrected chi connectivity index (χ3v) is 4.11. The summed E-state index contributed by atoms with van der Waals surface area (Å²) in [6.45, 7) is 4.59. The number of aromatic hydroxyl groups is 1. The minimum atomic E-state index is 0.177. The van der Waals surface area contributed by atoms with Crippen LogP contribution in [0.2, 0.25) is 0 Å². The molecule has 1 aliphatic rings. The number of phenolic OH excluding ortho intramolecular Hbond substituents is 1. The van der Waals surface area contributed by atoms with E-state index in [1.54, 1.807) is 0 Å². The first-order valence-electron chi connectivity index (χ1n) is 6.91. The Morgan fingerprint density at radius 3 is 2.70 bits per heavy atom. The van der Waals surface area contributed by atoms with Gasteiger partial charge in [0, 0.05) is 29.7 Å². The number of hydrogen-bond donors (Lipinski definition) is 1. The Balaban J connectivity index is 1.97. The van der Waals surface area contributed by atoms with Gasteiger partial charge in [-0.15, -0.1) is 0 Å². The van der Waals surface area contributed by atoms with Crippen LogP contribution in [0.25, 0.3) is 0 Å². The fourth-order valence-corrected chi connectivity index (χ4v) is 3.19. The molecule has 1 fully saturated rings. The second-order valence-electron chi connectivity index (χ2n) is 5.49. The van der Waals surface area contributed by atoms with Crippen LogP contribution in [-0.4, -0.2) is 47.5 Å². The average Bonchev–Trinajstić information content (AvgIpc) is 2.89. The standard InChI is InChI=1S/C15H21BrN2O2/c1-11-7-13(16)8-12(15(11)20)9-17(2)10-14(19)18-5-3-4-6-18/h7-8,20H,3-6,9-10H2,1-2H3. The minimum absolute atomic E-state index is 0.177. The highest BCUT2D eigenvalue weighted by Gasteiger charge is 2.19. The van der Waals surface area contributed by atoms with E-state index in [2.05, 4.69) is 15.9 Å². The molecule has 2 rings (SSSR count). The number of nitrogens with zero attached hydrogens (tertiary/aromatic N) is 2. The zero-order valence-corrected chi connectivity index (χ0v) is 13.6. The van der Waals surface area contributed by atoms with Crippen LogP contribution in [0.5, 0.6) is 5.75 Å². The predicted octanol–water partition coefficient (Wildman–Crippen LogP) is 2.52. The molecule has 0 atom stereocenters. The SMILES string of the molecule is Cc1cc(Br)cc(CN(C)CC(=O)N2CCCC2)c1O. The van der Waals surface area contributed by atoms with Crippen LogP contribution in [0.4, 0.5) is 0 Å². The number of amides is 1. The van der Waals surface area contributed by atoms with E-state index in [-0.39, 0.29) is 5.91 Å². The number of likely N-dealkylation sites (N-methyl/N-ethyl adjacent to an activating group) is 1. The largest absolute Gasteiger partial charge is 0.507 e. The van der Waals surface area contributed by atoms with Gasteiger partial charge in [0.15, 0.2) is 0 Å². The zero-order valence-electron chi connectivity index (χ0n) is 12.0. The van der Waals surface area contributed by atoms with Crippen LogP contribution in [0.3, 0.4) is 0 Å². The summed E-state index contributed by atoms with van der Waals surface area (Å²) in [4.78, 5) is 15.9. The van der Waals surface area contributed by atoms with Crippen LogP contribution in [0.15, 0.2) is 16.6 Å². The Morgan fingerprint density at radius 2 is 2.05 bits per heavy atom. The van der Waals surface area contributed by atoms with E-state index in [4.69, 9.17) is 0 Å². The van der Waals surface area contributed by atoms with Crippen molar-refractivity contribution in [2.45, 2.75) is 26.3 Å². The highest BCUT2D eigenvalue weighted by molar-refractivity contribution is 9.10. The number of carbonyl (C=O) groups excluding carboxylic acids is 1. The van der Waals surface area contributed by atoms with Crippen molar-refractivity contribution in [3.63, 3.8) is 0 Å². The molecule has 0 unspecified atom stereocenters. The average molecular weight is 341 g/mol. The highest BCUT2D eigenvalue weighted by atomic mass is 79.9. The first-order chi connectivity index (χ1) is 9.47. The summed E-state index contributed by atoms with van der Waals surface area (Å²) in [6.07, 6.45) is 2.22. The molecule has 1 saturated heterocycles. The number of likely N-dealkylation sites (tertiary alicyclic amines) is 1. The van der Waals surface area contributed by atoms with Gasteiger partial charge in [-0.1, -0.05) is 15.9 Å². The molecular formula is C15H21BrN2O2. The summed E-state index contributed by atoms with van der Waals surface area (Å²) in [5, 5.41) is 10.1. The molecule has 20 heavy (non-hydrogen) atoms. The van der Waals surface area contributed by atoms with Gasteiger partial charge in [-0.05, 0) is 44.5 Å². The zero-order chi connectivity index (χ0) is 14.7. The maximum atomic E-state index is 12.1. The van der Waals surface area contributed by atoms with E-state index >= 15 is 0 Å². The van der Waals surface area contributed by atoms with Gasteiger partial charge in [-0.25, -0.2) is 0 Å². The summed E-state index contributed by atoms with van der Waals surface area (Å²) in [7, 11) is 1.91. The molecule has 1 heterocycles. The number of aryl methyl sites for hydroxylation is 1. The molecule has 5 heteroatoms. The van der Waals surface area contributed by atoms with Crippen molar-refractivity contribution in [3.05, 3.63) is 27.7 Å². The second kappa shape index (κ2) is 6.59. The monoisotopic (exact) mass is 340 g/mol. The van der Waals surface area contributed by atoms with Gasteiger partial charge in [-0.3, -0.25) is 9.69 Å². The van der Waals surface area contributed by atoms with Gasteiger partial charge >= 0.3 is 0 Å². The molecule has 4 nitrogen and oxygen atoms in total. The van der Waals surface area contributed by atoms with Crippen LogP contribution in [0.1, 0.15) is 24.0 Å². The third kappa shape index (κ3) is 3.73. The Morgan fingerprint density at radius 1 is 1.40 bits per heavy atom. The number of hydrogen-bond acceptors (Lipinski definition) is 3. The lowest BCUT2D eigenvalue weighted by atomic mass is 10.1. The van der Waals surface area contributed by atoms with Gasteiger partial charge < -0.3 is 10.0 Å². The lowest BCUT2D eigenvalue weighted by Crippen LogP contribution is -2.37. The molecule has 0 radical (unpaired) electrons. The van der Waals surface area contributed by atoms with Crippen molar-refractivity contribution in [2.24, 2.45) is 0 Å². The lowest BCUT2D eigenvalue weighted by Gasteiger charge is -2.22. The lowest BCUT2D eigenvalue weighted by molar-refractivity contribution is -0.131. The number of phenols is 1. The molecule has 1 aromatic rings. The quantitative estimate of drug-likeness (QED) is 0.915. The fraction of sp³-hybridized carbons (Fsp3) is 0.533. The highest BCUT2D eigenvalue weighted by Crippen LogP contribution is 2.27. The maximum absolute atomic E-state index is 12.1. The van der Waals surface area contributed by atoms with E-state index < -0.39 is 0 Å². The van der Waals surface area contributed by atoms with Gasteiger partial charge in [0.05, 0.1) is 6.54 Å². The number of halogens is 1. The van der Waals surface area contributed by atoms with Gasteiger partial charge in [0.25, 0.3) is 0 Å². The fourth-order valence-electron chi connectivity index (χ4n) is 2.57. The molecule has 0 spiro atoms. The van der Waals surface area contributed by atoms with Crippen LogP contribution >= 0.6 is 15.9 Å². The Labute approximate surface area is 128 Å². The van der Waals surface area contributed by atoms with E-state index in [1.165, 1.54) is 0 Å². The van der Waals surface area contributed by atoms with Crippen molar-refractivity contribution in [3.8, 4) is 5.75 Å². The Kier molecular flexibility index (Phi) is 5.05. The van der Waals surface area contributed by atoms with Gasteiger partial charge in [0.1, 0.15) is 5.75 Å². The van der Waals surface area contributed by atoms with Crippen molar-refractivity contribution in [1.29, 1.82) is 0 Å². The second-order valence-corrected chi connectivity index (χ2v) is 6.41. The summed E-state index contributed by atoms with van der Waals surface area (Å²) >= 11 is 3.44. The summed E-state index contributed by atoms with van der Waals surface area (Å²) in [6, 6.07) is 3.79. The summed E-state index contributed by atoms with van der Waals surface area (Å²) in [5.74, 6) is 0.491. The van der Waals surface area contributed by atoms with Crippen molar-refractivity contribution < 1.29 is 9.90 Å². The topological polar surface area (TPSA) is 43.8 Å². The molecule has 110 valence electrons. The van der Waals surface area contributed by atoms with Crippen molar-refractivity contribution in [1.82, 2.24) is 9.80 Å². The number of benzene rings is 1. The smallest absolute Gasteiger partial charge is 0.236 e. The Hall–Kier alpha value is -1.07. The van der Waals surface area contributed by atoms with Gasteiger partial charge in [-0.2, -0.15) is 0 Å². The molecular weight excluding hydrogens is 320 g/mol. The molecule has 0 aliphatic carbocycles. The molecule has 0 aromatic heterocycles. The molecule has 0 bridgehead atoms. The molecule has 1 aromatic carbocycles. The van der Waals surface area contributed by atoms with E-state index in [9.17, 15) is 9.90 Å². The van der Waals surface area contributed by atoms with Crippen LogP contribution < -0.4 is 0 Å². The van der Waals surface area contributed by atoms with Crippen LogP contribution in [-0.2, 0) is 11.3 Å². The first kappa shape index (κ1) is 15.3. The van der Waals surface area contributed by atoms with Crippen LogP contribution in [0, 0.1) is 6.92 Å². The predicted molar refractivity (Wildman–Crippen MR) is 82.7 cm³/mol. The van der Waals surface area contributed by atoms with Crippen molar-refractivity contribution >= 4 is 21.8 Å². The molecule has 1 N–H and O–H groups in total. The van der Waals surface area contributed by atoms with Crippen molar-refractivity contribution in [2.75, 3.05) is 26.7 Å². The summed E-state index contributed by atoms with van der Waals surface area (Å²) < 4.78 is 0.946. The minimum Gasteiger partial charge on any atom is -0.507 e. The Bertz CT molecular complexity index is 499. The number of rotatable bonds is 4.